The molecule has 0 saturated heterocycles. The molecule has 2 aromatic rings. The summed E-state index contributed by atoms with van der Waals surface area (Å²) in [4.78, 5) is 12.4. The third-order valence-corrected chi connectivity index (χ3v) is 6.20. The van der Waals surface area contributed by atoms with Gasteiger partial charge in [-0.1, -0.05) is 23.8 Å². The average Bonchev–Trinajstić information content (AvgIpc) is 2.72. The third-order valence-electron chi connectivity index (χ3n) is 4.72. The fourth-order valence-corrected chi connectivity index (χ4v) is 4.30. The molecule has 0 aliphatic rings. The van der Waals surface area contributed by atoms with Crippen molar-refractivity contribution in [3.63, 3.8) is 0 Å². The Morgan fingerprint density at radius 1 is 1.03 bits per heavy atom. The molecule has 0 saturated carbocycles. The minimum absolute atomic E-state index is 0.0796. The van der Waals surface area contributed by atoms with Crippen molar-refractivity contribution in [3.05, 3.63) is 58.7 Å². The first-order valence-electron chi connectivity index (χ1n) is 9.79. The molecular weight excluding hydrogens is 404 g/mol. The molecule has 7 nitrogen and oxygen atoms in total. The van der Waals surface area contributed by atoms with Gasteiger partial charge in [-0.3, -0.25) is 4.79 Å². The molecule has 0 bridgehead atoms. The number of carbonyl (C=O) groups is 1. The van der Waals surface area contributed by atoms with E-state index in [4.69, 9.17) is 9.47 Å². The second-order valence-electron chi connectivity index (χ2n) is 7.05. The highest BCUT2D eigenvalue weighted by Crippen LogP contribution is 2.24. The summed E-state index contributed by atoms with van der Waals surface area (Å²) in [6.07, 6.45) is 1.65. The van der Waals surface area contributed by atoms with Crippen LogP contribution in [0.5, 0.6) is 5.75 Å². The molecule has 0 aromatic heterocycles. The van der Waals surface area contributed by atoms with E-state index >= 15 is 0 Å². The van der Waals surface area contributed by atoms with Crippen LogP contribution in [0.25, 0.3) is 0 Å². The number of hydrogen-bond acceptors (Lipinski definition) is 5. The van der Waals surface area contributed by atoms with E-state index in [1.165, 1.54) is 43.0 Å². The minimum Gasteiger partial charge on any atom is -0.495 e. The van der Waals surface area contributed by atoms with E-state index in [0.717, 1.165) is 12.8 Å². The zero-order valence-corrected chi connectivity index (χ0v) is 18.8. The largest absolute Gasteiger partial charge is 0.495 e. The normalized spacial score (nSPS) is 11.3. The van der Waals surface area contributed by atoms with E-state index in [9.17, 15) is 13.2 Å². The van der Waals surface area contributed by atoms with Crippen LogP contribution in [-0.2, 0) is 21.2 Å². The summed E-state index contributed by atoms with van der Waals surface area (Å²) in [7, 11) is -0.964. The van der Waals surface area contributed by atoms with Crippen LogP contribution in [0.1, 0.15) is 33.5 Å². The number of benzene rings is 2. The molecule has 1 amide bonds. The predicted molar refractivity (Wildman–Crippen MR) is 117 cm³/mol. The molecule has 2 rings (SSSR count). The van der Waals surface area contributed by atoms with Crippen LogP contribution in [0.15, 0.2) is 41.3 Å². The van der Waals surface area contributed by atoms with Crippen molar-refractivity contribution in [2.45, 2.75) is 31.6 Å². The molecule has 2 N–H and O–H groups in total. The summed E-state index contributed by atoms with van der Waals surface area (Å²) in [5, 5.41) is 2.85. The van der Waals surface area contributed by atoms with Gasteiger partial charge in [0.1, 0.15) is 10.6 Å². The summed E-state index contributed by atoms with van der Waals surface area (Å²) in [5.74, 6) is -0.155. The van der Waals surface area contributed by atoms with Gasteiger partial charge in [-0.25, -0.2) is 13.1 Å². The van der Waals surface area contributed by atoms with E-state index in [1.807, 2.05) is 0 Å². The standard InChI is InChI=1S/C22H30N2O5S/c1-16-7-8-18(17(2)14-16)6-5-11-23-22(25)19-9-10-20(29-4)21(15-19)30(26,27)24-12-13-28-3/h7-10,14-15,24H,5-6,11-13H2,1-4H3,(H,23,25). The molecule has 0 fully saturated rings. The van der Waals surface area contributed by atoms with Gasteiger partial charge in [-0.05, 0) is 56.0 Å². The summed E-state index contributed by atoms with van der Waals surface area (Å²) >= 11 is 0. The first-order chi connectivity index (χ1) is 14.3. The molecule has 0 radical (unpaired) electrons. The van der Waals surface area contributed by atoms with Crippen LogP contribution in [0, 0.1) is 13.8 Å². The third kappa shape index (κ3) is 6.55. The molecular formula is C22H30N2O5S. The van der Waals surface area contributed by atoms with E-state index in [1.54, 1.807) is 6.07 Å². The summed E-state index contributed by atoms with van der Waals surface area (Å²) in [6.45, 7) is 5.00. The van der Waals surface area contributed by atoms with Crippen LogP contribution in [0.4, 0.5) is 0 Å². The summed E-state index contributed by atoms with van der Waals surface area (Å²) < 4.78 is 37.6. The van der Waals surface area contributed by atoms with E-state index in [-0.39, 0.29) is 35.3 Å². The van der Waals surface area contributed by atoms with Gasteiger partial charge < -0.3 is 14.8 Å². The molecule has 0 aliphatic carbocycles. The number of amides is 1. The average molecular weight is 435 g/mol. The molecule has 0 heterocycles. The monoisotopic (exact) mass is 434 g/mol. The molecule has 30 heavy (non-hydrogen) atoms. The number of hydrogen-bond donors (Lipinski definition) is 2. The van der Waals surface area contributed by atoms with Crippen molar-refractivity contribution in [2.24, 2.45) is 0 Å². The maximum atomic E-state index is 12.6. The fourth-order valence-electron chi connectivity index (χ4n) is 3.09. The Labute approximate surface area is 178 Å². The van der Waals surface area contributed by atoms with E-state index in [2.05, 4.69) is 42.1 Å². The van der Waals surface area contributed by atoms with Gasteiger partial charge in [-0.2, -0.15) is 0 Å². The van der Waals surface area contributed by atoms with Crippen LogP contribution in [-0.4, -0.2) is 48.2 Å². The van der Waals surface area contributed by atoms with Crippen molar-refractivity contribution < 1.29 is 22.7 Å². The molecule has 2 aromatic carbocycles. The molecule has 8 heteroatoms. The smallest absolute Gasteiger partial charge is 0.251 e. The quantitative estimate of drug-likeness (QED) is 0.530. The first kappa shape index (κ1) is 23.9. The van der Waals surface area contributed by atoms with Crippen LogP contribution in [0.3, 0.4) is 0 Å². The Balaban J connectivity index is 2.01. The van der Waals surface area contributed by atoms with Gasteiger partial charge in [0.15, 0.2) is 0 Å². The maximum Gasteiger partial charge on any atom is 0.251 e. The fraction of sp³-hybridized carbons (Fsp3) is 0.409. The highest BCUT2D eigenvalue weighted by atomic mass is 32.2. The lowest BCUT2D eigenvalue weighted by Crippen LogP contribution is -2.28. The number of ether oxygens (including phenoxy) is 2. The van der Waals surface area contributed by atoms with Crippen molar-refractivity contribution in [1.82, 2.24) is 10.0 Å². The van der Waals surface area contributed by atoms with Crippen molar-refractivity contribution in [1.29, 1.82) is 0 Å². The van der Waals surface area contributed by atoms with Crippen molar-refractivity contribution in [3.8, 4) is 5.75 Å². The summed E-state index contributed by atoms with van der Waals surface area (Å²) in [6, 6.07) is 10.7. The first-order valence-corrected chi connectivity index (χ1v) is 11.3. The highest BCUT2D eigenvalue weighted by molar-refractivity contribution is 7.89. The second-order valence-corrected chi connectivity index (χ2v) is 8.78. The zero-order valence-electron chi connectivity index (χ0n) is 17.9. The Morgan fingerprint density at radius 2 is 1.80 bits per heavy atom. The van der Waals surface area contributed by atoms with E-state index < -0.39 is 10.0 Å². The number of methoxy groups -OCH3 is 2. The second kappa shape index (κ2) is 11.1. The Bertz CT molecular complexity index is 973. The van der Waals surface area contributed by atoms with Gasteiger partial charge in [0.05, 0.1) is 13.7 Å². The molecule has 164 valence electrons. The Morgan fingerprint density at radius 3 is 2.47 bits per heavy atom. The van der Waals surface area contributed by atoms with Crippen LogP contribution < -0.4 is 14.8 Å². The predicted octanol–water partition coefficient (Wildman–Crippen LogP) is 2.60. The highest BCUT2D eigenvalue weighted by Gasteiger charge is 2.21. The topological polar surface area (TPSA) is 93.7 Å². The maximum absolute atomic E-state index is 12.6. The van der Waals surface area contributed by atoms with Crippen LogP contribution >= 0.6 is 0 Å². The lowest BCUT2D eigenvalue weighted by molar-refractivity contribution is 0.0953. The van der Waals surface area contributed by atoms with Gasteiger partial charge >= 0.3 is 0 Å². The van der Waals surface area contributed by atoms with Crippen molar-refractivity contribution >= 4 is 15.9 Å². The SMILES string of the molecule is COCCNS(=O)(=O)c1cc(C(=O)NCCCc2ccc(C)cc2C)ccc1OC. The lowest BCUT2D eigenvalue weighted by atomic mass is 10.0. The van der Waals surface area contributed by atoms with Gasteiger partial charge in [0, 0.05) is 25.8 Å². The number of sulfonamides is 1. The van der Waals surface area contributed by atoms with Gasteiger partial charge in [-0.15, -0.1) is 0 Å². The molecule has 0 aliphatic heterocycles. The van der Waals surface area contributed by atoms with Gasteiger partial charge in [0.2, 0.25) is 10.0 Å². The minimum atomic E-state index is -3.84. The van der Waals surface area contributed by atoms with Gasteiger partial charge in [0.25, 0.3) is 5.91 Å². The van der Waals surface area contributed by atoms with Crippen molar-refractivity contribution in [2.75, 3.05) is 33.9 Å². The number of nitrogens with one attached hydrogen (secondary N) is 2. The van der Waals surface area contributed by atoms with E-state index in [0.29, 0.717) is 6.54 Å². The lowest BCUT2D eigenvalue weighted by Gasteiger charge is -2.13. The molecule has 0 atom stereocenters. The zero-order chi connectivity index (χ0) is 22.1. The molecule has 0 unspecified atom stereocenters. The van der Waals surface area contributed by atoms with Crippen LogP contribution in [0.2, 0.25) is 0 Å². The number of rotatable bonds is 11. The molecule has 0 spiro atoms. The number of carbonyl (C=O) groups excluding carboxylic acids is 1. The summed E-state index contributed by atoms with van der Waals surface area (Å²) in [5.41, 5.74) is 3.99. The number of aryl methyl sites for hydroxylation is 3. The Kier molecular flexibility index (Phi) is 8.83. The Hall–Kier alpha value is -2.42.